The van der Waals surface area contributed by atoms with Crippen LogP contribution in [0.2, 0.25) is 0 Å². The van der Waals surface area contributed by atoms with Crippen molar-refractivity contribution in [2.75, 3.05) is 42.6 Å². The Bertz CT molecular complexity index is 1110. The predicted molar refractivity (Wildman–Crippen MR) is 122 cm³/mol. The molecular weight excluding hydrogens is 390 g/mol. The first-order valence-corrected chi connectivity index (χ1v) is 10.9. The number of morpholine rings is 1. The summed E-state index contributed by atoms with van der Waals surface area (Å²) in [5.74, 6) is 0.670. The fourth-order valence-electron chi connectivity index (χ4n) is 4.41. The third kappa shape index (κ3) is 4.05. The van der Waals surface area contributed by atoms with Crippen molar-refractivity contribution in [3.8, 4) is 11.3 Å². The molecule has 7 nitrogen and oxygen atoms in total. The number of benzene rings is 1. The molecule has 31 heavy (non-hydrogen) atoms. The molecule has 0 bridgehead atoms. The van der Waals surface area contributed by atoms with Gasteiger partial charge in [0.05, 0.1) is 18.8 Å². The molecule has 1 unspecified atom stereocenters. The zero-order chi connectivity index (χ0) is 21.2. The lowest BCUT2D eigenvalue weighted by atomic mass is 10.1. The Balaban J connectivity index is 1.43. The van der Waals surface area contributed by atoms with Crippen molar-refractivity contribution >= 4 is 11.6 Å². The quantitative estimate of drug-likeness (QED) is 0.650. The summed E-state index contributed by atoms with van der Waals surface area (Å²) in [6, 6.07) is 14.0. The summed E-state index contributed by atoms with van der Waals surface area (Å²) < 4.78 is 7.75. The fourth-order valence-corrected chi connectivity index (χ4v) is 4.41. The van der Waals surface area contributed by atoms with Gasteiger partial charge >= 0.3 is 0 Å². The number of pyridine rings is 1. The molecule has 0 radical (unpaired) electrons. The van der Waals surface area contributed by atoms with Gasteiger partial charge in [0.15, 0.2) is 0 Å². The van der Waals surface area contributed by atoms with Crippen LogP contribution in [0.3, 0.4) is 0 Å². The molecule has 0 amide bonds. The van der Waals surface area contributed by atoms with Crippen LogP contribution in [0.1, 0.15) is 24.5 Å². The van der Waals surface area contributed by atoms with Gasteiger partial charge in [-0.1, -0.05) is 12.1 Å². The molecule has 7 heteroatoms. The minimum absolute atomic E-state index is 0.0576. The highest BCUT2D eigenvalue weighted by Gasteiger charge is 2.26. The summed E-state index contributed by atoms with van der Waals surface area (Å²) >= 11 is 0. The molecule has 0 saturated carbocycles. The van der Waals surface area contributed by atoms with Gasteiger partial charge in [0.2, 0.25) is 5.95 Å². The van der Waals surface area contributed by atoms with Crippen molar-refractivity contribution in [2.24, 2.45) is 7.05 Å². The highest BCUT2D eigenvalue weighted by molar-refractivity contribution is 5.59. The summed E-state index contributed by atoms with van der Waals surface area (Å²) in [4.78, 5) is 26.2. The molecule has 2 aromatic heterocycles. The van der Waals surface area contributed by atoms with Gasteiger partial charge in [-0.15, -0.1) is 0 Å². The van der Waals surface area contributed by atoms with Crippen molar-refractivity contribution in [1.82, 2.24) is 14.5 Å². The van der Waals surface area contributed by atoms with Gasteiger partial charge in [0, 0.05) is 56.4 Å². The molecule has 0 N–H and O–H groups in total. The van der Waals surface area contributed by atoms with Gasteiger partial charge < -0.3 is 14.5 Å². The summed E-state index contributed by atoms with van der Waals surface area (Å²) in [6.45, 7) is 4.18. The van der Waals surface area contributed by atoms with Gasteiger partial charge in [0.25, 0.3) is 5.56 Å². The minimum atomic E-state index is -0.0733. The largest absolute Gasteiger partial charge is 0.372 e. The average molecular weight is 418 g/mol. The minimum Gasteiger partial charge on any atom is -0.372 e. The third-order valence-corrected chi connectivity index (χ3v) is 6.15. The smallest absolute Gasteiger partial charge is 0.255 e. The van der Waals surface area contributed by atoms with E-state index in [0.717, 1.165) is 18.7 Å². The first-order chi connectivity index (χ1) is 15.2. The van der Waals surface area contributed by atoms with Crippen LogP contribution in [-0.2, 0) is 11.8 Å². The number of anilines is 2. The molecule has 3 aromatic rings. The van der Waals surface area contributed by atoms with Gasteiger partial charge in [-0.3, -0.25) is 14.3 Å². The van der Waals surface area contributed by atoms with Gasteiger partial charge in [-0.2, -0.15) is 0 Å². The van der Waals surface area contributed by atoms with Crippen LogP contribution in [0.5, 0.6) is 0 Å². The van der Waals surface area contributed by atoms with E-state index in [0.29, 0.717) is 31.3 Å². The number of rotatable bonds is 4. The molecule has 2 saturated heterocycles. The predicted octanol–water partition coefficient (Wildman–Crippen LogP) is 3.02. The number of aromatic nitrogens is 3. The highest BCUT2D eigenvalue weighted by atomic mass is 16.5. The highest BCUT2D eigenvalue weighted by Crippen LogP contribution is 2.29. The van der Waals surface area contributed by atoms with Crippen molar-refractivity contribution in [3.63, 3.8) is 0 Å². The SMILES string of the molecule is Cn1c(N2CCOC(c3cccc(N4CCCC4)c3)C2)nc(-c2ccncc2)cc1=O. The van der Waals surface area contributed by atoms with Crippen LogP contribution >= 0.6 is 0 Å². The van der Waals surface area contributed by atoms with Crippen LogP contribution in [0, 0.1) is 0 Å². The van der Waals surface area contributed by atoms with Crippen LogP contribution in [0.25, 0.3) is 11.3 Å². The van der Waals surface area contributed by atoms with E-state index < -0.39 is 0 Å². The Morgan fingerprint density at radius 2 is 1.81 bits per heavy atom. The van der Waals surface area contributed by atoms with Crippen molar-refractivity contribution in [1.29, 1.82) is 0 Å². The Morgan fingerprint density at radius 3 is 2.61 bits per heavy atom. The molecule has 1 atom stereocenters. The Labute approximate surface area is 181 Å². The number of hydrogen-bond acceptors (Lipinski definition) is 6. The average Bonchev–Trinajstić information content (AvgIpc) is 3.37. The van der Waals surface area contributed by atoms with E-state index >= 15 is 0 Å². The summed E-state index contributed by atoms with van der Waals surface area (Å²) in [5, 5.41) is 0. The maximum Gasteiger partial charge on any atom is 0.255 e. The van der Waals surface area contributed by atoms with Crippen molar-refractivity contribution < 1.29 is 4.74 Å². The zero-order valence-corrected chi connectivity index (χ0v) is 17.8. The van der Waals surface area contributed by atoms with Gasteiger partial charge in [-0.05, 0) is 42.7 Å². The van der Waals surface area contributed by atoms with E-state index in [9.17, 15) is 4.79 Å². The first-order valence-electron chi connectivity index (χ1n) is 10.9. The van der Waals surface area contributed by atoms with Gasteiger partial charge in [0.1, 0.15) is 6.10 Å². The molecule has 2 fully saturated rings. The lowest BCUT2D eigenvalue weighted by molar-refractivity contribution is 0.0390. The molecule has 5 rings (SSSR count). The second-order valence-electron chi connectivity index (χ2n) is 8.17. The number of hydrogen-bond donors (Lipinski definition) is 0. The van der Waals surface area contributed by atoms with Gasteiger partial charge in [-0.25, -0.2) is 4.98 Å². The lowest BCUT2D eigenvalue weighted by Crippen LogP contribution is -2.41. The van der Waals surface area contributed by atoms with E-state index in [1.807, 2.05) is 12.1 Å². The number of ether oxygens (including phenoxy) is 1. The Kier molecular flexibility index (Phi) is 5.42. The fraction of sp³-hybridized carbons (Fsp3) is 0.375. The Morgan fingerprint density at radius 1 is 1.00 bits per heavy atom. The normalized spacial score (nSPS) is 19.1. The number of nitrogens with zero attached hydrogens (tertiary/aromatic N) is 5. The molecule has 160 valence electrons. The maximum absolute atomic E-state index is 12.7. The molecule has 4 heterocycles. The molecule has 1 aromatic carbocycles. The van der Waals surface area contributed by atoms with E-state index in [1.54, 1.807) is 30.1 Å². The molecule has 0 aliphatic carbocycles. The van der Waals surface area contributed by atoms with E-state index in [-0.39, 0.29) is 11.7 Å². The summed E-state index contributed by atoms with van der Waals surface area (Å²) in [5.41, 5.74) is 3.91. The summed E-state index contributed by atoms with van der Waals surface area (Å²) in [7, 11) is 1.78. The molecular formula is C24H27N5O2. The Hall–Kier alpha value is -3.19. The van der Waals surface area contributed by atoms with Crippen molar-refractivity contribution in [2.45, 2.75) is 18.9 Å². The first kappa shape index (κ1) is 19.8. The monoisotopic (exact) mass is 417 g/mol. The van der Waals surface area contributed by atoms with Crippen LogP contribution < -0.4 is 15.4 Å². The maximum atomic E-state index is 12.7. The van der Waals surface area contributed by atoms with E-state index in [2.05, 4.69) is 39.0 Å². The van der Waals surface area contributed by atoms with Crippen LogP contribution in [-0.4, -0.2) is 47.3 Å². The van der Waals surface area contributed by atoms with Crippen LogP contribution in [0.15, 0.2) is 59.7 Å². The second-order valence-corrected chi connectivity index (χ2v) is 8.17. The van der Waals surface area contributed by atoms with Crippen LogP contribution in [0.4, 0.5) is 11.6 Å². The summed E-state index contributed by atoms with van der Waals surface area (Å²) in [6.07, 6.45) is 5.88. The third-order valence-electron chi connectivity index (χ3n) is 6.15. The molecule has 0 spiro atoms. The second kappa shape index (κ2) is 8.51. The standard InChI is InChI=1S/C24H27N5O2/c1-27-23(30)16-21(18-7-9-25-10-8-18)26-24(27)29-13-14-31-22(17-29)19-5-4-6-20(15-19)28-11-2-3-12-28/h4-10,15-16,22H,2-3,11-14,17H2,1H3. The lowest BCUT2D eigenvalue weighted by Gasteiger charge is -2.35. The molecule has 2 aliphatic rings. The van der Waals surface area contributed by atoms with E-state index in [1.165, 1.54) is 24.1 Å². The molecule has 2 aliphatic heterocycles. The van der Waals surface area contributed by atoms with Crippen molar-refractivity contribution in [3.05, 3.63) is 70.8 Å². The zero-order valence-electron chi connectivity index (χ0n) is 17.8. The van der Waals surface area contributed by atoms with E-state index in [4.69, 9.17) is 9.72 Å². The topological polar surface area (TPSA) is 63.5 Å².